The van der Waals surface area contributed by atoms with Crippen LogP contribution in [0.3, 0.4) is 0 Å². The number of rotatable bonds is 8. The van der Waals surface area contributed by atoms with E-state index in [4.69, 9.17) is 0 Å². The number of sulfonamides is 1. The molecule has 0 aliphatic carbocycles. The molecule has 150 valence electrons. The van der Waals surface area contributed by atoms with Crippen LogP contribution in [0.1, 0.15) is 18.9 Å². The predicted molar refractivity (Wildman–Crippen MR) is 113 cm³/mol. The first-order valence-corrected chi connectivity index (χ1v) is 11.2. The standard InChI is InChI=1S/C20H19N3O4S2/c1-2-6-15-10-12-16(13-11-15)29(26,27)22-17-7-3-4-9-19(17)28-20-18(23(24)25)8-5-14-21-20/h3-5,7-14,22H,2,6H2,1H3. The SMILES string of the molecule is CCCc1ccc(S(=O)(=O)Nc2ccccc2Sc2ncccc2[N+](=O)[O-])cc1. The summed E-state index contributed by atoms with van der Waals surface area (Å²) in [6.45, 7) is 2.06. The molecular formula is C20H19N3O4S2. The second kappa shape index (κ2) is 9.06. The summed E-state index contributed by atoms with van der Waals surface area (Å²) in [5, 5.41) is 11.4. The molecule has 9 heteroatoms. The third-order valence-electron chi connectivity index (χ3n) is 4.06. The molecule has 3 aromatic rings. The highest BCUT2D eigenvalue weighted by atomic mass is 32.2. The lowest BCUT2D eigenvalue weighted by atomic mass is 10.1. The molecule has 0 saturated heterocycles. The van der Waals surface area contributed by atoms with E-state index in [1.807, 2.05) is 0 Å². The summed E-state index contributed by atoms with van der Waals surface area (Å²) in [5.41, 5.74) is 1.27. The minimum Gasteiger partial charge on any atom is -0.278 e. The van der Waals surface area contributed by atoms with E-state index in [1.54, 1.807) is 48.5 Å². The number of nitro groups is 1. The van der Waals surface area contributed by atoms with Gasteiger partial charge in [0.2, 0.25) is 0 Å². The molecule has 0 aliphatic heterocycles. The van der Waals surface area contributed by atoms with Crippen molar-refractivity contribution in [1.29, 1.82) is 0 Å². The van der Waals surface area contributed by atoms with E-state index in [0.29, 0.717) is 10.6 Å². The van der Waals surface area contributed by atoms with E-state index in [2.05, 4.69) is 16.6 Å². The van der Waals surface area contributed by atoms with Crippen molar-refractivity contribution >= 4 is 33.2 Å². The lowest BCUT2D eigenvalue weighted by Gasteiger charge is -2.12. The van der Waals surface area contributed by atoms with Crippen molar-refractivity contribution in [3.8, 4) is 0 Å². The molecule has 7 nitrogen and oxygen atoms in total. The molecule has 0 atom stereocenters. The molecular weight excluding hydrogens is 410 g/mol. The number of hydrogen-bond donors (Lipinski definition) is 1. The van der Waals surface area contributed by atoms with Crippen molar-refractivity contribution in [2.45, 2.75) is 34.6 Å². The van der Waals surface area contributed by atoms with Gasteiger partial charge in [-0.25, -0.2) is 13.4 Å². The first-order chi connectivity index (χ1) is 13.9. The maximum absolute atomic E-state index is 12.8. The van der Waals surface area contributed by atoms with Crippen LogP contribution in [0.25, 0.3) is 0 Å². The van der Waals surface area contributed by atoms with E-state index in [-0.39, 0.29) is 15.6 Å². The summed E-state index contributed by atoms with van der Waals surface area (Å²) in [4.78, 5) is 15.4. The number of nitrogens with one attached hydrogen (secondary N) is 1. The first-order valence-electron chi connectivity index (χ1n) is 8.89. The van der Waals surface area contributed by atoms with Gasteiger partial charge in [-0.05, 0) is 42.3 Å². The second-order valence-corrected chi connectivity index (χ2v) is 8.90. The van der Waals surface area contributed by atoms with Crippen LogP contribution in [-0.4, -0.2) is 18.3 Å². The zero-order chi connectivity index (χ0) is 20.9. The van der Waals surface area contributed by atoms with Gasteiger partial charge >= 0.3 is 5.69 Å². The van der Waals surface area contributed by atoms with Crippen LogP contribution in [-0.2, 0) is 16.4 Å². The maximum atomic E-state index is 12.8. The minimum atomic E-state index is -3.80. The predicted octanol–water partition coefficient (Wildman–Crippen LogP) is 4.89. The fourth-order valence-electron chi connectivity index (χ4n) is 2.67. The summed E-state index contributed by atoms with van der Waals surface area (Å²) in [6.07, 6.45) is 3.32. The van der Waals surface area contributed by atoms with Crippen molar-refractivity contribution in [3.63, 3.8) is 0 Å². The molecule has 0 saturated carbocycles. The van der Waals surface area contributed by atoms with E-state index in [0.717, 1.165) is 30.2 Å². The molecule has 2 aromatic carbocycles. The Balaban J connectivity index is 1.88. The van der Waals surface area contributed by atoms with Crippen LogP contribution in [0, 0.1) is 10.1 Å². The number of pyridine rings is 1. The second-order valence-electron chi connectivity index (χ2n) is 6.18. The lowest BCUT2D eigenvalue weighted by molar-refractivity contribution is -0.388. The maximum Gasteiger partial charge on any atom is 0.301 e. The third kappa shape index (κ3) is 5.12. The van der Waals surface area contributed by atoms with Gasteiger partial charge in [-0.15, -0.1) is 0 Å². The minimum absolute atomic E-state index is 0.137. The molecule has 0 unspecified atom stereocenters. The largest absolute Gasteiger partial charge is 0.301 e. The van der Waals surface area contributed by atoms with Crippen LogP contribution in [0.2, 0.25) is 0 Å². The summed E-state index contributed by atoms with van der Waals surface area (Å²) in [7, 11) is -3.80. The molecule has 0 bridgehead atoms. The Hall–Kier alpha value is -2.91. The van der Waals surface area contributed by atoms with Gasteiger partial charge in [-0.1, -0.05) is 49.4 Å². The van der Waals surface area contributed by atoms with Crippen molar-refractivity contribution < 1.29 is 13.3 Å². The highest BCUT2D eigenvalue weighted by Gasteiger charge is 2.20. The fraction of sp³-hybridized carbons (Fsp3) is 0.150. The van der Waals surface area contributed by atoms with E-state index in [1.165, 1.54) is 18.3 Å². The smallest absolute Gasteiger partial charge is 0.278 e. The highest BCUT2D eigenvalue weighted by Crippen LogP contribution is 2.37. The van der Waals surface area contributed by atoms with Crippen molar-refractivity contribution in [3.05, 3.63) is 82.5 Å². The quantitative estimate of drug-likeness (QED) is 0.404. The van der Waals surface area contributed by atoms with Gasteiger partial charge < -0.3 is 0 Å². The molecule has 0 spiro atoms. The van der Waals surface area contributed by atoms with Gasteiger partial charge in [0.15, 0.2) is 5.03 Å². The summed E-state index contributed by atoms with van der Waals surface area (Å²) >= 11 is 1.03. The zero-order valence-electron chi connectivity index (χ0n) is 15.6. The summed E-state index contributed by atoms with van der Waals surface area (Å²) in [5.74, 6) is 0. The lowest BCUT2D eigenvalue weighted by Crippen LogP contribution is -2.13. The molecule has 29 heavy (non-hydrogen) atoms. The van der Waals surface area contributed by atoms with Gasteiger partial charge in [-0.2, -0.15) is 0 Å². The summed E-state index contributed by atoms with van der Waals surface area (Å²) < 4.78 is 28.2. The zero-order valence-corrected chi connectivity index (χ0v) is 17.2. The number of benzene rings is 2. The van der Waals surface area contributed by atoms with Gasteiger partial charge in [0, 0.05) is 17.2 Å². The number of aromatic nitrogens is 1. The number of aryl methyl sites for hydroxylation is 1. The number of anilines is 1. The van der Waals surface area contributed by atoms with Crippen LogP contribution in [0.15, 0.2) is 81.7 Å². The Labute approximate surface area is 173 Å². The third-order valence-corrected chi connectivity index (χ3v) is 6.52. The van der Waals surface area contributed by atoms with Gasteiger partial charge in [0.25, 0.3) is 10.0 Å². The van der Waals surface area contributed by atoms with Crippen LogP contribution in [0.5, 0.6) is 0 Å². The molecule has 3 rings (SSSR count). The average Bonchev–Trinajstić information content (AvgIpc) is 2.70. The van der Waals surface area contributed by atoms with E-state index < -0.39 is 14.9 Å². The Morgan fingerprint density at radius 1 is 1.07 bits per heavy atom. The molecule has 1 heterocycles. The first kappa shape index (κ1) is 20.8. The fourth-order valence-corrected chi connectivity index (χ4v) is 4.76. The Bertz CT molecular complexity index is 1120. The number of para-hydroxylation sites is 1. The number of hydrogen-bond acceptors (Lipinski definition) is 6. The molecule has 0 aliphatic rings. The summed E-state index contributed by atoms with van der Waals surface area (Å²) in [6, 6.07) is 16.3. The molecule has 1 N–H and O–H groups in total. The van der Waals surface area contributed by atoms with Crippen molar-refractivity contribution in [2.24, 2.45) is 0 Å². The van der Waals surface area contributed by atoms with Crippen molar-refractivity contribution in [1.82, 2.24) is 4.98 Å². The molecule has 0 amide bonds. The van der Waals surface area contributed by atoms with Crippen LogP contribution in [0.4, 0.5) is 11.4 Å². The van der Waals surface area contributed by atoms with Crippen LogP contribution < -0.4 is 4.72 Å². The number of nitrogens with zero attached hydrogens (tertiary/aromatic N) is 2. The molecule has 1 aromatic heterocycles. The van der Waals surface area contributed by atoms with Gasteiger partial charge in [0.05, 0.1) is 15.5 Å². The van der Waals surface area contributed by atoms with E-state index >= 15 is 0 Å². The molecule has 0 radical (unpaired) electrons. The normalized spacial score (nSPS) is 11.2. The average molecular weight is 430 g/mol. The highest BCUT2D eigenvalue weighted by molar-refractivity contribution is 7.99. The monoisotopic (exact) mass is 429 g/mol. The molecule has 0 fully saturated rings. The van der Waals surface area contributed by atoms with Gasteiger partial charge in [0.1, 0.15) is 0 Å². The van der Waals surface area contributed by atoms with Crippen molar-refractivity contribution in [2.75, 3.05) is 4.72 Å². The Morgan fingerprint density at radius 2 is 1.79 bits per heavy atom. The Morgan fingerprint density at radius 3 is 2.48 bits per heavy atom. The van der Waals surface area contributed by atoms with Crippen LogP contribution >= 0.6 is 11.8 Å². The van der Waals surface area contributed by atoms with E-state index in [9.17, 15) is 18.5 Å². The Kier molecular flexibility index (Phi) is 6.50. The topological polar surface area (TPSA) is 102 Å². The van der Waals surface area contributed by atoms with Gasteiger partial charge in [-0.3, -0.25) is 14.8 Å².